The van der Waals surface area contributed by atoms with Crippen molar-refractivity contribution < 1.29 is 0 Å². The fourth-order valence-electron chi connectivity index (χ4n) is 2.71. The maximum absolute atomic E-state index is 4.66. The Morgan fingerprint density at radius 2 is 1.78 bits per heavy atom. The molecule has 3 heteroatoms. The summed E-state index contributed by atoms with van der Waals surface area (Å²) in [6.07, 6.45) is 5.48. The summed E-state index contributed by atoms with van der Waals surface area (Å²) in [5.74, 6) is 1.76. The predicted molar refractivity (Wildman–Crippen MR) is 74.7 cm³/mol. The van der Waals surface area contributed by atoms with Gasteiger partial charge in [-0.15, -0.1) is 0 Å². The van der Waals surface area contributed by atoms with Crippen LogP contribution < -0.4 is 5.32 Å². The van der Waals surface area contributed by atoms with Crippen molar-refractivity contribution in [1.29, 1.82) is 0 Å². The number of nitrogens with one attached hydrogen (secondary N) is 1. The van der Waals surface area contributed by atoms with E-state index in [0.29, 0.717) is 0 Å². The van der Waals surface area contributed by atoms with Crippen LogP contribution in [0.25, 0.3) is 11.0 Å². The highest BCUT2D eigenvalue weighted by Gasteiger charge is 2.15. The van der Waals surface area contributed by atoms with E-state index in [9.17, 15) is 0 Å². The van der Waals surface area contributed by atoms with Gasteiger partial charge < -0.3 is 5.32 Å². The molecule has 1 N–H and O–H groups in total. The normalized spacial score (nSPS) is 16.3. The second kappa shape index (κ2) is 4.92. The first kappa shape index (κ1) is 11.5. The molecule has 0 radical (unpaired) electrons. The van der Waals surface area contributed by atoms with Gasteiger partial charge in [0.05, 0.1) is 16.7 Å². The third kappa shape index (κ3) is 2.30. The number of nitrogens with zero attached hydrogens (tertiary/aromatic N) is 2. The minimum atomic E-state index is 0.817. The van der Waals surface area contributed by atoms with Gasteiger partial charge in [0, 0.05) is 6.54 Å². The quantitative estimate of drug-likeness (QED) is 0.893. The number of aromatic nitrogens is 2. The largest absolute Gasteiger partial charge is 0.368 e. The van der Waals surface area contributed by atoms with Crippen LogP contribution in [0.4, 0.5) is 5.82 Å². The fraction of sp³-hybridized carbons (Fsp3) is 0.467. The SMILES string of the molecule is Cc1nc2ccccc2nc1NCC1CCCC1. The minimum Gasteiger partial charge on any atom is -0.368 e. The van der Waals surface area contributed by atoms with Gasteiger partial charge in [0.15, 0.2) is 0 Å². The monoisotopic (exact) mass is 241 g/mol. The Balaban J connectivity index is 1.80. The molecular weight excluding hydrogens is 222 g/mol. The molecule has 0 aliphatic heterocycles. The van der Waals surface area contributed by atoms with E-state index < -0.39 is 0 Å². The molecule has 3 nitrogen and oxygen atoms in total. The number of hydrogen-bond acceptors (Lipinski definition) is 3. The molecule has 0 spiro atoms. The van der Waals surface area contributed by atoms with Crippen molar-refractivity contribution in [1.82, 2.24) is 9.97 Å². The van der Waals surface area contributed by atoms with E-state index in [1.54, 1.807) is 0 Å². The first-order valence-electron chi connectivity index (χ1n) is 6.80. The summed E-state index contributed by atoms with van der Waals surface area (Å²) in [5, 5.41) is 3.47. The molecule has 1 saturated carbocycles. The Hall–Kier alpha value is -1.64. The topological polar surface area (TPSA) is 37.8 Å². The number of hydrogen-bond donors (Lipinski definition) is 1. The molecule has 3 rings (SSSR count). The zero-order valence-corrected chi connectivity index (χ0v) is 10.8. The lowest BCUT2D eigenvalue weighted by Gasteiger charge is -2.13. The van der Waals surface area contributed by atoms with Crippen LogP contribution in [0, 0.1) is 12.8 Å². The molecule has 1 aliphatic rings. The molecule has 1 aromatic heterocycles. The molecule has 0 amide bonds. The molecule has 18 heavy (non-hydrogen) atoms. The molecule has 1 aliphatic carbocycles. The van der Waals surface area contributed by atoms with Crippen LogP contribution in [0.2, 0.25) is 0 Å². The molecule has 0 saturated heterocycles. The number of fused-ring (bicyclic) bond motifs is 1. The van der Waals surface area contributed by atoms with Gasteiger partial charge in [-0.3, -0.25) is 0 Å². The number of para-hydroxylation sites is 2. The van der Waals surface area contributed by atoms with Gasteiger partial charge in [0.2, 0.25) is 0 Å². The van der Waals surface area contributed by atoms with Crippen molar-refractivity contribution in [3.05, 3.63) is 30.0 Å². The second-order valence-corrected chi connectivity index (χ2v) is 5.18. The molecule has 0 unspecified atom stereocenters. The van der Waals surface area contributed by atoms with Gasteiger partial charge >= 0.3 is 0 Å². The fourth-order valence-corrected chi connectivity index (χ4v) is 2.71. The summed E-state index contributed by atoms with van der Waals surface area (Å²) in [6.45, 7) is 3.06. The van der Waals surface area contributed by atoms with Gasteiger partial charge in [-0.2, -0.15) is 0 Å². The van der Waals surface area contributed by atoms with E-state index in [1.165, 1.54) is 25.7 Å². The number of benzene rings is 1. The predicted octanol–water partition coefficient (Wildman–Crippen LogP) is 3.54. The Morgan fingerprint density at radius 1 is 1.11 bits per heavy atom. The number of rotatable bonds is 3. The minimum absolute atomic E-state index is 0.817. The summed E-state index contributed by atoms with van der Waals surface area (Å²) >= 11 is 0. The van der Waals surface area contributed by atoms with Crippen molar-refractivity contribution in [2.75, 3.05) is 11.9 Å². The van der Waals surface area contributed by atoms with Crippen molar-refractivity contribution >= 4 is 16.9 Å². The molecular formula is C15H19N3. The van der Waals surface area contributed by atoms with Crippen molar-refractivity contribution in [3.63, 3.8) is 0 Å². The Labute approximate surface area is 108 Å². The van der Waals surface area contributed by atoms with Gasteiger partial charge in [-0.05, 0) is 37.8 Å². The molecule has 94 valence electrons. The average Bonchev–Trinajstić information content (AvgIpc) is 2.89. The van der Waals surface area contributed by atoms with E-state index >= 15 is 0 Å². The summed E-state index contributed by atoms with van der Waals surface area (Å²) < 4.78 is 0. The smallest absolute Gasteiger partial charge is 0.148 e. The standard InChI is InChI=1S/C15H19N3/c1-11-15(16-10-12-6-2-3-7-12)18-14-9-5-4-8-13(14)17-11/h4-5,8-9,12H,2-3,6-7,10H2,1H3,(H,16,18). The molecule has 1 fully saturated rings. The molecule has 0 atom stereocenters. The first-order valence-corrected chi connectivity index (χ1v) is 6.80. The van der Waals surface area contributed by atoms with Gasteiger partial charge in [0.25, 0.3) is 0 Å². The maximum atomic E-state index is 4.66. The Bertz CT molecular complexity index is 544. The second-order valence-electron chi connectivity index (χ2n) is 5.18. The van der Waals surface area contributed by atoms with Crippen molar-refractivity contribution in [2.24, 2.45) is 5.92 Å². The lowest BCUT2D eigenvalue weighted by Crippen LogP contribution is -2.13. The summed E-state index contributed by atoms with van der Waals surface area (Å²) in [7, 11) is 0. The van der Waals surface area contributed by atoms with E-state index in [-0.39, 0.29) is 0 Å². The van der Waals surface area contributed by atoms with Crippen LogP contribution in [0.5, 0.6) is 0 Å². The molecule has 1 aromatic carbocycles. The zero-order chi connectivity index (χ0) is 12.4. The van der Waals surface area contributed by atoms with Crippen LogP contribution in [0.1, 0.15) is 31.4 Å². The summed E-state index contributed by atoms with van der Waals surface area (Å²) in [5.41, 5.74) is 2.94. The highest BCUT2D eigenvalue weighted by atomic mass is 15.0. The highest BCUT2D eigenvalue weighted by molar-refractivity contribution is 5.76. The highest BCUT2D eigenvalue weighted by Crippen LogP contribution is 2.25. The lowest BCUT2D eigenvalue weighted by atomic mass is 10.1. The van der Waals surface area contributed by atoms with Crippen molar-refractivity contribution in [2.45, 2.75) is 32.6 Å². The lowest BCUT2D eigenvalue weighted by molar-refractivity contribution is 0.578. The molecule has 1 heterocycles. The van der Waals surface area contributed by atoms with Crippen LogP contribution in [0.3, 0.4) is 0 Å². The van der Waals surface area contributed by atoms with E-state index in [1.807, 2.05) is 31.2 Å². The van der Waals surface area contributed by atoms with Gasteiger partial charge in [-0.1, -0.05) is 25.0 Å². The first-order chi connectivity index (χ1) is 8.83. The van der Waals surface area contributed by atoms with Gasteiger partial charge in [-0.25, -0.2) is 9.97 Å². The van der Waals surface area contributed by atoms with Crippen LogP contribution >= 0.6 is 0 Å². The zero-order valence-electron chi connectivity index (χ0n) is 10.8. The maximum Gasteiger partial charge on any atom is 0.148 e. The van der Waals surface area contributed by atoms with Gasteiger partial charge in [0.1, 0.15) is 5.82 Å². The average molecular weight is 241 g/mol. The number of anilines is 1. The van der Waals surface area contributed by atoms with Crippen LogP contribution in [0.15, 0.2) is 24.3 Å². The summed E-state index contributed by atoms with van der Waals surface area (Å²) in [4.78, 5) is 9.26. The Kier molecular flexibility index (Phi) is 3.13. The molecule has 2 aromatic rings. The van der Waals surface area contributed by atoms with Crippen molar-refractivity contribution in [3.8, 4) is 0 Å². The van der Waals surface area contributed by atoms with Crippen LogP contribution in [-0.2, 0) is 0 Å². The van der Waals surface area contributed by atoms with E-state index in [0.717, 1.165) is 35.0 Å². The molecule has 0 bridgehead atoms. The number of aryl methyl sites for hydroxylation is 1. The third-order valence-electron chi connectivity index (χ3n) is 3.78. The third-order valence-corrected chi connectivity index (χ3v) is 3.78. The van der Waals surface area contributed by atoms with E-state index in [2.05, 4.69) is 15.3 Å². The Morgan fingerprint density at radius 3 is 2.50 bits per heavy atom. The van der Waals surface area contributed by atoms with Crippen LogP contribution in [-0.4, -0.2) is 16.5 Å². The van der Waals surface area contributed by atoms with E-state index in [4.69, 9.17) is 0 Å². The summed E-state index contributed by atoms with van der Waals surface area (Å²) in [6, 6.07) is 8.04.